The number of carbonyl (C=O) groups excluding carboxylic acids is 2. The Morgan fingerprint density at radius 2 is 1.74 bits per heavy atom. The molecule has 0 aliphatic heterocycles. The van der Waals surface area contributed by atoms with Gasteiger partial charge in [0.2, 0.25) is 0 Å². The van der Waals surface area contributed by atoms with Gasteiger partial charge in [0.15, 0.2) is 0 Å². The summed E-state index contributed by atoms with van der Waals surface area (Å²) in [5.74, 6) is -1.85. The summed E-state index contributed by atoms with van der Waals surface area (Å²) in [6.45, 7) is 5.86. The first kappa shape index (κ1) is 22.1. The lowest BCUT2D eigenvalue weighted by Crippen LogP contribution is -2.29. The van der Waals surface area contributed by atoms with Crippen molar-refractivity contribution in [2.24, 2.45) is 0 Å². The van der Waals surface area contributed by atoms with Crippen molar-refractivity contribution in [1.29, 1.82) is 0 Å². The molecule has 0 fully saturated rings. The van der Waals surface area contributed by atoms with Crippen LogP contribution < -0.4 is 10.6 Å². The van der Waals surface area contributed by atoms with Crippen LogP contribution in [0.15, 0.2) is 42.7 Å². The van der Waals surface area contributed by atoms with Crippen molar-refractivity contribution in [3.63, 3.8) is 0 Å². The predicted molar refractivity (Wildman–Crippen MR) is 116 cm³/mol. The molecule has 8 nitrogen and oxygen atoms in total. The summed E-state index contributed by atoms with van der Waals surface area (Å²) in [6.07, 6.45) is 1.18. The number of hydrogen-bond donors (Lipinski definition) is 3. The molecule has 31 heavy (non-hydrogen) atoms. The first-order chi connectivity index (χ1) is 14.7. The lowest BCUT2D eigenvalue weighted by molar-refractivity contribution is 0.0695. The van der Waals surface area contributed by atoms with E-state index in [2.05, 4.69) is 20.6 Å². The highest BCUT2D eigenvalue weighted by atomic mass is 32.1. The van der Waals surface area contributed by atoms with Crippen molar-refractivity contribution in [3.8, 4) is 0 Å². The van der Waals surface area contributed by atoms with Gasteiger partial charge in [0.05, 0.1) is 18.2 Å². The van der Waals surface area contributed by atoms with E-state index in [1.54, 1.807) is 37.3 Å². The van der Waals surface area contributed by atoms with E-state index in [4.69, 9.17) is 5.11 Å². The first-order valence-electron chi connectivity index (χ1n) is 9.55. The highest BCUT2D eigenvalue weighted by Crippen LogP contribution is 2.18. The molecule has 0 aliphatic rings. The number of carboxylic acid groups (broad SMARTS) is 1. The molecule has 0 aliphatic carbocycles. The average molecular weight is 439 g/mol. The van der Waals surface area contributed by atoms with Crippen molar-refractivity contribution in [3.05, 3.63) is 80.6 Å². The molecule has 3 N–H and O–H groups in total. The summed E-state index contributed by atoms with van der Waals surface area (Å²) >= 11 is 1.60. The second kappa shape index (κ2) is 9.48. The minimum atomic E-state index is -0.998. The largest absolute Gasteiger partial charge is 0.478 e. The van der Waals surface area contributed by atoms with Crippen LogP contribution in [0.4, 0.5) is 0 Å². The second-order valence-electron chi connectivity index (χ2n) is 7.06. The Bertz CT molecular complexity index is 1140. The lowest BCUT2D eigenvalue weighted by Gasteiger charge is -2.15. The van der Waals surface area contributed by atoms with Crippen LogP contribution in [0, 0.1) is 13.8 Å². The molecule has 0 radical (unpaired) electrons. The maximum atomic E-state index is 12.6. The van der Waals surface area contributed by atoms with Gasteiger partial charge in [-0.15, -0.1) is 11.3 Å². The molecular weight excluding hydrogens is 416 g/mol. The quantitative estimate of drug-likeness (QED) is 0.521. The number of rotatable bonds is 7. The molecule has 1 aromatic carbocycles. The van der Waals surface area contributed by atoms with Crippen molar-refractivity contribution in [2.45, 2.75) is 33.4 Å². The summed E-state index contributed by atoms with van der Waals surface area (Å²) in [5.41, 5.74) is 1.74. The van der Waals surface area contributed by atoms with E-state index in [0.717, 1.165) is 15.3 Å². The molecule has 3 rings (SSSR count). The zero-order valence-electron chi connectivity index (χ0n) is 17.3. The molecule has 0 saturated carbocycles. The molecule has 0 unspecified atom stereocenters. The van der Waals surface area contributed by atoms with Gasteiger partial charge in [-0.1, -0.05) is 12.1 Å². The number of nitrogens with zero attached hydrogens (tertiary/aromatic N) is 2. The molecule has 9 heteroatoms. The van der Waals surface area contributed by atoms with E-state index in [-0.39, 0.29) is 23.0 Å². The fraction of sp³-hybridized carbons (Fsp3) is 0.227. The van der Waals surface area contributed by atoms with Gasteiger partial charge in [0.25, 0.3) is 11.8 Å². The van der Waals surface area contributed by atoms with E-state index in [9.17, 15) is 14.4 Å². The summed E-state index contributed by atoms with van der Waals surface area (Å²) < 4.78 is 0. The van der Waals surface area contributed by atoms with Gasteiger partial charge in [-0.25, -0.2) is 14.8 Å². The Morgan fingerprint density at radius 3 is 2.35 bits per heavy atom. The molecule has 2 amide bonds. The molecule has 0 saturated heterocycles. The Morgan fingerprint density at radius 1 is 1.03 bits per heavy atom. The number of aryl methyl sites for hydroxylation is 2. The lowest BCUT2D eigenvalue weighted by atomic mass is 10.0. The minimum Gasteiger partial charge on any atom is -0.478 e. The average Bonchev–Trinajstić information content (AvgIpc) is 3.16. The van der Waals surface area contributed by atoms with Crippen molar-refractivity contribution >= 4 is 29.1 Å². The third kappa shape index (κ3) is 5.52. The SMILES string of the molecule is Cc1ccc(CNC(=O)c2cc(C(=O)N[C@@H](C)c3ccc(C(=O)O)c(C)c3)ncn2)s1. The summed E-state index contributed by atoms with van der Waals surface area (Å²) in [4.78, 5) is 46.3. The summed E-state index contributed by atoms with van der Waals surface area (Å²) in [6, 6.07) is 9.78. The number of carbonyl (C=O) groups is 3. The number of benzene rings is 1. The van der Waals surface area contributed by atoms with E-state index in [1.807, 2.05) is 19.1 Å². The number of nitrogens with one attached hydrogen (secondary N) is 2. The standard InChI is InChI=1S/C22H22N4O4S/c1-12-8-15(5-7-17(12)22(29)30)14(3)26-21(28)19-9-18(24-11-25-19)20(27)23-10-16-6-4-13(2)31-16/h4-9,11,14H,10H2,1-3H3,(H,23,27)(H,26,28)(H,29,30)/t14-/m0/s1. The minimum absolute atomic E-state index is 0.0675. The van der Waals surface area contributed by atoms with Gasteiger partial charge in [0.1, 0.15) is 17.7 Å². The number of aromatic nitrogens is 2. The van der Waals surface area contributed by atoms with Crippen molar-refractivity contribution in [1.82, 2.24) is 20.6 Å². The molecule has 0 spiro atoms. The van der Waals surface area contributed by atoms with Gasteiger partial charge in [-0.05, 0) is 50.1 Å². The first-order valence-corrected chi connectivity index (χ1v) is 10.4. The Labute approximate surface area is 183 Å². The maximum Gasteiger partial charge on any atom is 0.335 e. The van der Waals surface area contributed by atoms with Crippen LogP contribution in [-0.2, 0) is 6.54 Å². The monoisotopic (exact) mass is 438 g/mol. The summed E-state index contributed by atoms with van der Waals surface area (Å²) in [7, 11) is 0. The Hall–Kier alpha value is -3.59. The number of carboxylic acids is 1. The van der Waals surface area contributed by atoms with Crippen LogP contribution in [0.3, 0.4) is 0 Å². The molecule has 3 aromatic rings. The van der Waals surface area contributed by atoms with Gasteiger partial charge in [-0.2, -0.15) is 0 Å². The Kier molecular flexibility index (Phi) is 6.76. The fourth-order valence-corrected chi connectivity index (χ4v) is 3.82. The fourth-order valence-electron chi connectivity index (χ4n) is 2.99. The van der Waals surface area contributed by atoms with Gasteiger partial charge < -0.3 is 15.7 Å². The van der Waals surface area contributed by atoms with Crippen LogP contribution >= 0.6 is 11.3 Å². The highest BCUT2D eigenvalue weighted by Gasteiger charge is 2.17. The Balaban J connectivity index is 1.66. The zero-order chi connectivity index (χ0) is 22.5. The van der Waals surface area contributed by atoms with Crippen molar-refractivity contribution in [2.75, 3.05) is 0 Å². The van der Waals surface area contributed by atoms with Crippen LogP contribution in [0.5, 0.6) is 0 Å². The summed E-state index contributed by atoms with van der Waals surface area (Å²) in [5, 5.41) is 14.7. The smallest absolute Gasteiger partial charge is 0.335 e. The van der Waals surface area contributed by atoms with E-state index in [0.29, 0.717) is 12.1 Å². The van der Waals surface area contributed by atoms with E-state index < -0.39 is 17.8 Å². The zero-order valence-corrected chi connectivity index (χ0v) is 18.1. The van der Waals surface area contributed by atoms with Crippen LogP contribution in [0.2, 0.25) is 0 Å². The van der Waals surface area contributed by atoms with Crippen LogP contribution in [0.25, 0.3) is 0 Å². The molecular formula is C22H22N4O4S. The van der Waals surface area contributed by atoms with Gasteiger partial charge >= 0.3 is 5.97 Å². The number of aromatic carboxylic acids is 1. The third-order valence-electron chi connectivity index (χ3n) is 4.68. The van der Waals surface area contributed by atoms with Gasteiger partial charge in [0, 0.05) is 15.8 Å². The van der Waals surface area contributed by atoms with E-state index >= 15 is 0 Å². The number of amides is 2. The molecule has 160 valence electrons. The third-order valence-corrected chi connectivity index (χ3v) is 5.68. The molecule has 2 heterocycles. The molecule has 0 bridgehead atoms. The molecule has 2 aromatic heterocycles. The number of hydrogen-bond acceptors (Lipinski definition) is 6. The number of thiophene rings is 1. The second-order valence-corrected chi connectivity index (χ2v) is 8.43. The van der Waals surface area contributed by atoms with Crippen LogP contribution in [-0.4, -0.2) is 32.9 Å². The van der Waals surface area contributed by atoms with Crippen molar-refractivity contribution < 1.29 is 19.5 Å². The van der Waals surface area contributed by atoms with E-state index in [1.165, 1.54) is 18.5 Å². The normalized spacial score (nSPS) is 11.6. The highest BCUT2D eigenvalue weighted by molar-refractivity contribution is 7.11. The van der Waals surface area contributed by atoms with Gasteiger partial charge in [-0.3, -0.25) is 9.59 Å². The predicted octanol–water partition coefficient (Wildman–Crippen LogP) is 3.27. The topological polar surface area (TPSA) is 121 Å². The molecule has 1 atom stereocenters. The van der Waals surface area contributed by atoms with Crippen LogP contribution in [0.1, 0.15) is 65.2 Å². The maximum absolute atomic E-state index is 12.6.